The molecule has 1 nitrogen and oxygen atoms in total. The van der Waals surface area contributed by atoms with E-state index in [1.807, 2.05) is 0 Å². The number of hydrogen-bond donors (Lipinski definition) is 1. The second-order valence-corrected chi connectivity index (χ2v) is 6.42. The van der Waals surface area contributed by atoms with Crippen LogP contribution in [0.5, 0.6) is 0 Å². The summed E-state index contributed by atoms with van der Waals surface area (Å²) < 4.78 is 0. The van der Waals surface area contributed by atoms with Gasteiger partial charge in [-0.3, -0.25) is 0 Å². The Balaban J connectivity index is 2.24. The molecule has 1 aromatic heterocycles. The first kappa shape index (κ1) is 15.3. The minimum Gasteiger partial charge on any atom is -0.310 e. The minimum atomic E-state index is 0.432. The molecule has 0 aliphatic carbocycles. The van der Waals surface area contributed by atoms with Gasteiger partial charge in [0, 0.05) is 6.04 Å². The maximum atomic E-state index is 3.70. The van der Waals surface area contributed by atoms with Gasteiger partial charge in [0.15, 0.2) is 0 Å². The first-order valence-corrected chi connectivity index (χ1v) is 8.38. The Labute approximate surface area is 127 Å². The fourth-order valence-electron chi connectivity index (χ4n) is 2.84. The smallest absolute Gasteiger partial charge is 0.0369 e. The van der Waals surface area contributed by atoms with Gasteiger partial charge in [-0.05, 0) is 79.2 Å². The van der Waals surface area contributed by atoms with Crippen LogP contribution in [0.1, 0.15) is 47.2 Å². The fraction of sp³-hybridized carbons (Fsp3) is 0.444. The van der Waals surface area contributed by atoms with Gasteiger partial charge in [0.1, 0.15) is 0 Å². The van der Waals surface area contributed by atoms with E-state index in [1.54, 1.807) is 11.3 Å². The minimum absolute atomic E-state index is 0.432. The summed E-state index contributed by atoms with van der Waals surface area (Å²) in [7, 11) is 0. The first-order chi connectivity index (χ1) is 9.61. The van der Waals surface area contributed by atoms with Crippen molar-refractivity contribution in [2.45, 2.75) is 46.6 Å². The monoisotopic (exact) mass is 287 g/mol. The molecular formula is C18H25NS. The lowest BCUT2D eigenvalue weighted by molar-refractivity contribution is 0.528. The molecule has 2 rings (SSSR count). The highest BCUT2D eigenvalue weighted by molar-refractivity contribution is 7.07. The van der Waals surface area contributed by atoms with Crippen molar-refractivity contribution in [3.8, 4) is 0 Å². The van der Waals surface area contributed by atoms with Gasteiger partial charge in [-0.2, -0.15) is 11.3 Å². The standard InChI is InChI=1S/C18H25NS/c1-5-7-19-18(16-6-8-20-12-16)11-17-14(3)9-13(2)10-15(17)4/h6,8-10,12,18-19H,5,7,11H2,1-4H3. The highest BCUT2D eigenvalue weighted by Crippen LogP contribution is 2.25. The Hall–Kier alpha value is -1.12. The van der Waals surface area contributed by atoms with Gasteiger partial charge in [-0.15, -0.1) is 0 Å². The van der Waals surface area contributed by atoms with Gasteiger partial charge in [0.25, 0.3) is 0 Å². The molecular weight excluding hydrogens is 262 g/mol. The van der Waals surface area contributed by atoms with Crippen LogP contribution in [0.2, 0.25) is 0 Å². The highest BCUT2D eigenvalue weighted by Gasteiger charge is 2.15. The largest absolute Gasteiger partial charge is 0.310 e. The second kappa shape index (κ2) is 7.05. The van der Waals surface area contributed by atoms with Crippen molar-refractivity contribution in [2.75, 3.05) is 6.54 Å². The van der Waals surface area contributed by atoms with Crippen molar-refractivity contribution < 1.29 is 0 Å². The zero-order valence-corrected chi connectivity index (χ0v) is 13.8. The maximum absolute atomic E-state index is 3.70. The molecule has 108 valence electrons. The van der Waals surface area contributed by atoms with Crippen LogP contribution >= 0.6 is 11.3 Å². The second-order valence-electron chi connectivity index (χ2n) is 5.64. The van der Waals surface area contributed by atoms with Gasteiger partial charge < -0.3 is 5.32 Å². The summed E-state index contributed by atoms with van der Waals surface area (Å²) in [5.41, 5.74) is 7.11. The number of benzene rings is 1. The lowest BCUT2D eigenvalue weighted by Crippen LogP contribution is -2.24. The summed E-state index contributed by atoms with van der Waals surface area (Å²) in [6.45, 7) is 9.94. The third-order valence-corrected chi connectivity index (χ3v) is 4.54. The van der Waals surface area contributed by atoms with Crippen molar-refractivity contribution in [3.63, 3.8) is 0 Å². The number of rotatable bonds is 6. The van der Waals surface area contributed by atoms with Crippen LogP contribution in [-0.2, 0) is 6.42 Å². The first-order valence-electron chi connectivity index (χ1n) is 7.44. The molecule has 0 bridgehead atoms. The Kier molecular flexibility index (Phi) is 5.38. The van der Waals surface area contributed by atoms with Gasteiger partial charge in [-0.1, -0.05) is 24.6 Å². The quantitative estimate of drug-likeness (QED) is 0.792. The van der Waals surface area contributed by atoms with E-state index in [0.717, 1.165) is 13.0 Å². The van der Waals surface area contributed by atoms with Crippen molar-refractivity contribution in [1.82, 2.24) is 5.32 Å². The molecule has 1 aromatic carbocycles. The maximum Gasteiger partial charge on any atom is 0.0369 e. The van der Waals surface area contributed by atoms with Crippen LogP contribution in [0, 0.1) is 20.8 Å². The molecule has 20 heavy (non-hydrogen) atoms. The van der Waals surface area contributed by atoms with E-state index in [9.17, 15) is 0 Å². The molecule has 0 amide bonds. The third-order valence-electron chi connectivity index (χ3n) is 3.83. The summed E-state index contributed by atoms with van der Waals surface area (Å²) in [4.78, 5) is 0. The average Bonchev–Trinajstić information content (AvgIpc) is 2.91. The topological polar surface area (TPSA) is 12.0 Å². The van der Waals surface area contributed by atoms with Gasteiger partial charge in [-0.25, -0.2) is 0 Å². The molecule has 0 radical (unpaired) electrons. The number of aryl methyl sites for hydroxylation is 3. The van der Waals surface area contributed by atoms with Crippen LogP contribution in [0.4, 0.5) is 0 Å². The molecule has 1 atom stereocenters. The van der Waals surface area contributed by atoms with E-state index in [4.69, 9.17) is 0 Å². The predicted molar refractivity (Wildman–Crippen MR) is 89.7 cm³/mol. The van der Waals surface area contributed by atoms with E-state index in [0.29, 0.717) is 6.04 Å². The average molecular weight is 287 g/mol. The van der Waals surface area contributed by atoms with E-state index >= 15 is 0 Å². The van der Waals surface area contributed by atoms with Crippen LogP contribution in [0.25, 0.3) is 0 Å². The highest BCUT2D eigenvalue weighted by atomic mass is 32.1. The Bertz CT molecular complexity index is 520. The van der Waals surface area contributed by atoms with Crippen LogP contribution in [0.3, 0.4) is 0 Å². The molecule has 0 aliphatic rings. The lowest BCUT2D eigenvalue weighted by atomic mass is 9.92. The lowest BCUT2D eigenvalue weighted by Gasteiger charge is -2.21. The molecule has 0 saturated carbocycles. The number of nitrogens with one attached hydrogen (secondary N) is 1. The van der Waals surface area contributed by atoms with E-state index in [1.165, 1.54) is 34.2 Å². The summed E-state index contributed by atoms with van der Waals surface area (Å²) in [6, 6.07) is 7.28. The van der Waals surface area contributed by atoms with Gasteiger partial charge in [0.05, 0.1) is 0 Å². The molecule has 0 saturated heterocycles. The Morgan fingerprint density at radius 2 is 1.85 bits per heavy atom. The molecule has 1 unspecified atom stereocenters. The molecule has 0 fully saturated rings. The predicted octanol–water partition coefficient (Wildman–Crippen LogP) is 4.96. The Morgan fingerprint density at radius 3 is 2.40 bits per heavy atom. The zero-order valence-electron chi connectivity index (χ0n) is 13.0. The Morgan fingerprint density at radius 1 is 1.15 bits per heavy atom. The molecule has 0 spiro atoms. The summed E-state index contributed by atoms with van der Waals surface area (Å²) in [6.07, 6.45) is 2.25. The molecule has 2 aromatic rings. The SMILES string of the molecule is CCCNC(Cc1c(C)cc(C)cc1C)c1ccsc1. The summed E-state index contributed by atoms with van der Waals surface area (Å²) in [5, 5.41) is 8.14. The van der Waals surface area contributed by atoms with Gasteiger partial charge in [0.2, 0.25) is 0 Å². The van der Waals surface area contributed by atoms with Crippen molar-refractivity contribution in [1.29, 1.82) is 0 Å². The van der Waals surface area contributed by atoms with E-state index in [-0.39, 0.29) is 0 Å². The van der Waals surface area contributed by atoms with Crippen molar-refractivity contribution in [2.24, 2.45) is 0 Å². The van der Waals surface area contributed by atoms with Crippen LogP contribution < -0.4 is 5.32 Å². The molecule has 0 aliphatic heterocycles. The molecule has 1 N–H and O–H groups in total. The summed E-state index contributed by atoms with van der Waals surface area (Å²) in [5.74, 6) is 0. The summed E-state index contributed by atoms with van der Waals surface area (Å²) >= 11 is 1.78. The van der Waals surface area contributed by atoms with Crippen molar-refractivity contribution in [3.05, 3.63) is 56.8 Å². The van der Waals surface area contributed by atoms with Crippen molar-refractivity contribution >= 4 is 11.3 Å². The number of hydrogen-bond acceptors (Lipinski definition) is 2. The molecule has 2 heteroatoms. The van der Waals surface area contributed by atoms with E-state index < -0.39 is 0 Å². The zero-order chi connectivity index (χ0) is 14.5. The molecule has 1 heterocycles. The van der Waals surface area contributed by atoms with Crippen LogP contribution in [0.15, 0.2) is 29.0 Å². The normalized spacial score (nSPS) is 12.6. The fourth-order valence-corrected chi connectivity index (χ4v) is 3.55. The van der Waals surface area contributed by atoms with Crippen LogP contribution in [-0.4, -0.2) is 6.54 Å². The number of thiophene rings is 1. The third kappa shape index (κ3) is 3.71. The van der Waals surface area contributed by atoms with E-state index in [2.05, 4.69) is 62.0 Å². The van der Waals surface area contributed by atoms with Gasteiger partial charge >= 0.3 is 0 Å².